The van der Waals surface area contributed by atoms with E-state index in [1.807, 2.05) is 0 Å². The quantitative estimate of drug-likeness (QED) is 0.124. The topological polar surface area (TPSA) is 311 Å². The van der Waals surface area contributed by atoms with E-state index in [1.165, 1.54) is 0 Å². The van der Waals surface area contributed by atoms with E-state index in [0.717, 1.165) is 10.9 Å². The molecule has 7 unspecified atom stereocenters. The first kappa shape index (κ1) is 30.0. The molecular formula is C16H24FN5O15P2. The number of aliphatic hydroxyl groups is 5. The SMILES string of the molecule is Nc1nc2c(ncn2[C@@H]2O[C@H](COP(=O)(O)OP(=O)(O)O[C@H]3OC(CF)[C@@H](O)C(O)C3O)C(O)C2O)c(=O)[nH]1. The van der Waals surface area contributed by atoms with E-state index in [9.17, 15) is 53.6 Å². The number of nitrogens with one attached hydrogen (secondary N) is 1. The molecule has 0 bridgehead atoms. The number of imidazole rings is 1. The van der Waals surface area contributed by atoms with Crippen LogP contribution < -0.4 is 11.3 Å². The van der Waals surface area contributed by atoms with E-state index in [-0.39, 0.29) is 17.1 Å². The van der Waals surface area contributed by atoms with Crippen LogP contribution in [0.2, 0.25) is 0 Å². The molecule has 0 radical (unpaired) electrons. The summed E-state index contributed by atoms with van der Waals surface area (Å²) >= 11 is 0. The average molecular weight is 607 g/mol. The predicted octanol–water partition coefficient (Wildman–Crippen LogP) is -3.65. The van der Waals surface area contributed by atoms with Crippen molar-refractivity contribution in [1.82, 2.24) is 19.5 Å². The molecule has 0 saturated carbocycles. The van der Waals surface area contributed by atoms with Crippen molar-refractivity contribution in [3.63, 3.8) is 0 Å². The normalized spacial score (nSPS) is 36.6. The molecule has 20 nitrogen and oxygen atoms in total. The first-order valence-corrected chi connectivity index (χ1v) is 13.8. The van der Waals surface area contributed by atoms with Gasteiger partial charge in [-0.15, -0.1) is 0 Å². The zero-order chi connectivity index (χ0) is 28.9. The van der Waals surface area contributed by atoms with Gasteiger partial charge in [0.25, 0.3) is 5.56 Å². The second-order valence-electron chi connectivity index (χ2n) is 8.41. The van der Waals surface area contributed by atoms with E-state index >= 15 is 0 Å². The number of ether oxygens (including phenoxy) is 2. The van der Waals surface area contributed by atoms with Gasteiger partial charge in [-0.1, -0.05) is 0 Å². The molecule has 0 aromatic carbocycles. The molecule has 2 aliphatic heterocycles. The van der Waals surface area contributed by atoms with Gasteiger partial charge in [0.1, 0.15) is 49.4 Å². The Morgan fingerprint density at radius 3 is 2.36 bits per heavy atom. The minimum absolute atomic E-state index is 0.122. The second-order valence-corrected chi connectivity index (χ2v) is 11.4. The number of aromatic amines is 1. The van der Waals surface area contributed by atoms with E-state index in [0.29, 0.717) is 0 Å². The van der Waals surface area contributed by atoms with Gasteiger partial charge in [-0.2, -0.15) is 9.29 Å². The number of nitrogens with zero attached hydrogens (tertiary/aromatic N) is 3. The van der Waals surface area contributed by atoms with Crippen molar-refractivity contribution in [2.24, 2.45) is 0 Å². The van der Waals surface area contributed by atoms with Crippen LogP contribution >= 0.6 is 15.6 Å². The lowest BCUT2D eigenvalue weighted by Gasteiger charge is -2.39. The third kappa shape index (κ3) is 6.21. The number of rotatable bonds is 9. The fourth-order valence-corrected chi connectivity index (χ4v) is 5.99. The van der Waals surface area contributed by atoms with Gasteiger partial charge in [0.15, 0.2) is 23.7 Å². The van der Waals surface area contributed by atoms with Gasteiger partial charge in [-0.3, -0.25) is 23.4 Å². The van der Waals surface area contributed by atoms with Gasteiger partial charge in [-0.05, 0) is 0 Å². The minimum Gasteiger partial charge on any atom is -0.387 e. The molecule has 2 saturated heterocycles. The van der Waals surface area contributed by atoms with Crippen molar-refractivity contribution in [3.8, 4) is 0 Å². The summed E-state index contributed by atoms with van der Waals surface area (Å²) in [4.78, 5) is 41.6. The van der Waals surface area contributed by atoms with Crippen LogP contribution in [0.3, 0.4) is 0 Å². The van der Waals surface area contributed by atoms with Crippen LogP contribution in [-0.4, -0.2) is 117 Å². The number of hydrogen-bond acceptors (Lipinski definition) is 16. The highest BCUT2D eigenvalue weighted by Gasteiger charge is 2.49. The Kier molecular flexibility index (Phi) is 8.58. The Hall–Kier alpha value is -1.94. The maximum absolute atomic E-state index is 13.0. The van der Waals surface area contributed by atoms with E-state index < -0.39 is 89.7 Å². The van der Waals surface area contributed by atoms with Crippen LogP contribution in [0.25, 0.3) is 11.2 Å². The lowest BCUT2D eigenvalue weighted by molar-refractivity contribution is -0.277. The van der Waals surface area contributed by atoms with Crippen molar-refractivity contribution >= 4 is 32.8 Å². The molecule has 39 heavy (non-hydrogen) atoms. The van der Waals surface area contributed by atoms with Crippen molar-refractivity contribution < 1.29 is 71.7 Å². The number of aliphatic hydroxyl groups excluding tert-OH is 5. The number of alkyl halides is 1. The first-order chi connectivity index (χ1) is 18.1. The highest BCUT2D eigenvalue weighted by Crippen LogP contribution is 2.61. The first-order valence-electron chi connectivity index (χ1n) is 10.8. The number of nitrogens with two attached hydrogens (primary N) is 1. The Balaban J connectivity index is 1.39. The molecule has 2 aromatic rings. The molecular weight excluding hydrogens is 583 g/mol. The molecule has 0 amide bonds. The number of H-pyrrole nitrogens is 1. The van der Waals surface area contributed by atoms with Crippen LogP contribution in [0, 0.1) is 0 Å². The third-order valence-corrected chi connectivity index (χ3v) is 8.33. The lowest BCUT2D eigenvalue weighted by atomic mass is 10.00. The van der Waals surface area contributed by atoms with Gasteiger partial charge in [0.05, 0.1) is 12.9 Å². The highest BCUT2D eigenvalue weighted by atomic mass is 31.3. The number of phosphoric acid groups is 2. The van der Waals surface area contributed by atoms with E-state index in [2.05, 4.69) is 28.3 Å². The fourth-order valence-electron chi connectivity index (χ4n) is 3.83. The summed E-state index contributed by atoms with van der Waals surface area (Å²) in [5, 5.41) is 49.9. The highest BCUT2D eigenvalue weighted by molar-refractivity contribution is 7.61. The second kappa shape index (κ2) is 11.1. The summed E-state index contributed by atoms with van der Waals surface area (Å²) in [7, 11) is -11.1. The summed E-state index contributed by atoms with van der Waals surface area (Å²) in [6, 6.07) is 0. The molecule has 2 aliphatic rings. The predicted molar refractivity (Wildman–Crippen MR) is 119 cm³/mol. The maximum Gasteiger partial charge on any atom is 0.483 e. The van der Waals surface area contributed by atoms with Crippen LogP contribution in [0.4, 0.5) is 10.3 Å². The summed E-state index contributed by atoms with van der Waals surface area (Å²) in [6.07, 6.45) is -15.6. The molecule has 2 fully saturated rings. The molecule has 10 N–H and O–H groups in total. The average Bonchev–Trinajstić information content (AvgIpc) is 3.38. The van der Waals surface area contributed by atoms with Gasteiger partial charge in [-0.25, -0.2) is 18.5 Å². The minimum atomic E-state index is -5.64. The number of phosphoric ester groups is 2. The number of nitrogen functional groups attached to an aromatic ring is 1. The zero-order valence-electron chi connectivity index (χ0n) is 19.3. The number of fused-ring (bicyclic) bond motifs is 1. The van der Waals surface area contributed by atoms with Crippen molar-refractivity contribution in [2.75, 3.05) is 19.0 Å². The molecule has 11 atom stereocenters. The number of hydrogen-bond donors (Lipinski definition) is 9. The number of halogens is 1. The summed E-state index contributed by atoms with van der Waals surface area (Å²) in [5.74, 6) is -0.284. The number of aromatic nitrogens is 4. The maximum atomic E-state index is 13.0. The van der Waals surface area contributed by atoms with Gasteiger partial charge >= 0.3 is 15.6 Å². The zero-order valence-corrected chi connectivity index (χ0v) is 21.1. The molecule has 0 spiro atoms. The third-order valence-electron chi connectivity index (χ3n) is 5.73. The van der Waals surface area contributed by atoms with E-state index in [4.69, 9.17) is 15.2 Å². The molecule has 23 heteroatoms. The monoisotopic (exact) mass is 607 g/mol. The van der Waals surface area contributed by atoms with Crippen molar-refractivity contribution in [3.05, 3.63) is 16.7 Å². The lowest BCUT2D eigenvalue weighted by Crippen LogP contribution is -2.58. The van der Waals surface area contributed by atoms with Gasteiger partial charge in [0, 0.05) is 0 Å². The Morgan fingerprint density at radius 2 is 1.69 bits per heavy atom. The Labute approximate surface area is 215 Å². The van der Waals surface area contributed by atoms with Crippen molar-refractivity contribution in [1.29, 1.82) is 0 Å². The van der Waals surface area contributed by atoms with Crippen LogP contribution in [-0.2, 0) is 32.0 Å². The van der Waals surface area contributed by atoms with Crippen LogP contribution in [0.5, 0.6) is 0 Å². The largest absolute Gasteiger partial charge is 0.483 e. The van der Waals surface area contributed by atoms with Crippen molar-refractivity contribution in [2.45, 2.75) is 55.2 Å². The molecule has 0 aliphatic carbocycles. The van der Waals surface area contributed by atoms with Crippen LogP contribution in [0.1, 0.15) is 6.23 Å². The number of anilines is 1. The molecule has 4 rings (SSSR count). The molecule has 2 aromatic heterocycles. The summed E-state index contributed by atoms with van der Waals surface area (Å²) in [5.41, 5.74) is 4.52. The fraction of sp³-hybridized carbons (Fsp3) is 0.688. The molecule has 4 heterocycles. The standard InChI is InChI=1S/C16H24FN5O15P2/c17-1-4-7(23)9(25)11(27)15(35-4)36-39(31,32)37-38(29,30)33-2-5-8(24)10(26)14(34-5)22-3-19-6-12(22)20-16(18)21-13(6)28/h3-5,7-11,14-15,23-27H,1-2H2,(H,29,30)(H,31,32)(H3,18,20,21,28)/t4?,5-,7-,8?,9?,10?,11?,14-,15-/m1/s1. The Morgan fingerprint density at radius 1 is 1.03 bits per heavy atom. The van der Waals surface area contributed by atoms with Crippen LogP contribution in [0.15, 0.2) is 11.1 Å². The summed E-state index contributed by atoms with van der Waals surface area (Å²) in [6.45, 7) is -2.41. The molecule has 220 valence electrons. The summed E-state index contributed by atoms with van der Waals surface area (Å²) < 4.78 is 61.7. The Bertz CT molecular complexity index is 1340. The smallest absolute Gasteiger partial charge is 0.387 e. The van der Waals surface area contributed by atoms with Gasteiger partial charge in [0.2, 0.25) is 5.95 Å². The van der Waals surface area contributed by atoms with Gasteiger partial charge < -0.3 is 50.5 Å². The van der Waals surface area contributed by atoms with E-state index in [1.54, 1.807) is 0 Å².